The predicted octanol–water partition coefficient (Wildman–Crippen LogP) is 1.51. The Morgan fingerprint density at radius 3 is 2.94 bits per heavy atom. The van der Waals surface area contributed by atoms with Crippen molar-refractivity contribution in [3.8, 4) is 5.88 Å². The van der Waals surface area contributed by atoms with Crippen molar-refractivity contribution in [2.24, 2.45) is 0 Å². The first-order valence-electron chi connectivity index (χ1n) is 6.41. The minimum Gasteiger partial charge on any atom is -0.478 e. The van der Waals surface area contributed by atoms with Gasteiger partial charge in [0.15, 0.2) is 0 Å². The van der Waals surface area contributed by atoms with Crippen molar-refractivity contribution in [1.29, 1.82) is 0 Å². The number of hydrogen-bond donors (Lipinski definition) is 1. The van der Waals surface area contributed by atoms with Crippen LogP contribution in [0.5, 0.6) is 5.88 Å². The fourth-order valence-electron chi connectivity index (χ4n) is 1.99. The number of likely N-dealkylation sites (tertiary alicyclic amines) is 1. The van der Waals surface area contributed by atoms with E-state index in [0.29, 0.717) is 24.8 Å². The Hall–Kier alpha value is -1.78. The molecule has 0 spiro atoms. The molecule has 0 aromatic carbocycles. The van der Waals surface area contributed by atoms with E-state index in [1.54, 1.807) is 6.07 Å². The third-order valence-corrected chi connectivity index (χ3v) is 2.90. The number of anilines is 1. The van der Waals surface area contributed by atoms with E-state index in [0.717, 1.165) is 25.9 Å². The van der Waals surface area contributed by atoms with E-state index in [-0.39, 0.29) is 5.91 Å². The molecule has 0 aliphatic carbocycles. The van der Waals surface area contributed by atoms with E-state index in [1.807, 2.05) is 24.0 Å². The van der Waals surface area contributed by atoms with Gasteiger partial charge in [0, 0.05) is 19.2 Å². The van der Waals surface area contributed by atoms with Gasteiger partial charge >= 0.3 is 0 Å². The molecule has 2 rings (SSSR count). The van der Waals surface area contributed by atoms with E-state index in [9.17, 15) is 4.79 Å². The predicted molar refractivity (Wildman–Crippen MR) is 69.7 cm³/mol. The Morgan fingerprint density at radius 2 is 2.22 bits per heavy atom. The molecule has 1 saturated heterocycles. The van der Waals surface area contributed by atoms with Crippen LogP contribution in [0.1, 0.15) is 19.8 Å². The number of amides is 1. The summed E-state index contributed by atoms with van der Waals surface area (Å²) in [7, 11) is 0. The number of carbonyl (C=O) groups is 1. The zero-order valence-corrected chi connectivity index (χ0v) is 10.7. The van der Waals surface area contributed by atoms with E-state index in [2.05, 4.69) is 10.3 Å². The minimum atomic E-state index is 0.135. The molecule has 0 unspecified atom stereocenters. The van der Waals surface area contributed by atoms with E-state index in [1.165, 1.54) is 0 Å². The molecule has 0 saturated carbocycles. The van der Waals surface area contributed by atoms with Crippen LogP contribution in [0, 0.1) is 0 Å². The van der Waals surface area contributed by atoms with Crippen molar-refractivity contribution >= 4 is 11.7 Å². The van der Waals surface area contributed by atoms with Crippen LogP contribution in [0.4, 0.5) is 5.82 Å². The second-order valence-electron chi connectivity index (χ2n) is 4.24. The molecule has 1 aromatic heterocycles. The maximum atomic E-state index is 11.8. The topological polar surface area (TPSA) is 54.5 Å². The van der Waals surface area contributed by atoms with Gasteiger partial charge in [-0.15, -0.1) is 0 Å². The molecule has 5 heteroatoms. The zero-order valence-electron chi connectivity index (χ0n) is 10.7. The molecular formula is C13H19N3O2. The molecule has 5 nitrogen and oxygen atoms in total. The Labute approximate surface area is 107 Å². The molecule has 1 N–H and O–H groups in total. The Bertz CT molecular complexity index is 403. The number of rotatable bonds is 5. The fourth-order valence-corrected chi connectivity index (χ4v) is 1.99. The molecule has 2 heterocycles. The molecule has 0 atom stereocenters. The van der Waals surface area contributed by atoms with Crippen molar-refractivity contribution in [3.63, 3.8) is 0 Å². The summed E-state index contributed by atoms with van der Waals surface area (Å²) in [5.41, 5.74) is 0. The van der Waals surface area contributed by atoms with Crippen LogP contribution in [0.2, 0.25) is 0 Å². The Morgan fingerprint density at radius 1 is 1.44 bits per heavy atom. The molecule has 1 aliphatic rings. The number of hydrogen-bond acceptors (Lipinski definition) is 4. The highest BCUT2D eigenvalue weighted by molar-refractivity contribution is 5.80. The first kappa shape index (κ1) is 12.7. The SMILES string of the molecule is CCOc1cccc(NCC(=O)N2CCCC2)n1. The Kier molecular flexibility index (Phi) is 4.39. The van der Waals surface area contributed by atoms with Crippen LogP contribution < -0.4 is 10.1 Å². The van der Waals surface area contributed by atoms with Crippen molar-refractivity contribution in [2.45, 2.75) is 19.8 Å². The highest BCUT2D eigenvalue weighted by Crippen LogP contribution is 2.12. The summed E-state index contributed by atoms with van der Waals surface area (Å²) in [5, 5.41) is 3.04. The molecule has 98 valence electrons. The fraction of sp³-hybridized carbons (Fsp3) is 0.538. The monoisotopic (exact) mass is 249 g/mol. The lowest BCUT2D eigenvalue weighted by Gasteiger charge is -2.15. The molecule has 18 heavy (non-hydrogen) atoms. The van der Waals surface area contributed by atoms with Gasteiger partial charge in [-0.05, 0) is 25.8 Å². The van der Waals surface area contributed by atoms with E-state index in [4.69, 9.17) is 4.74 Å². The van der Waals surface area contributed by atoms with Gasteiger partial charge < -0.3 is 15.0 Å². The highest BCUT2D eigenvalue weighted by Gasteiger charge is 2.17. The lowest BCUT2D eigenvalue weighted by molar-refractivity contribution is -0.128. The molecule has 1 fully saturated rings. The second-order valence-corrected chi connectivity index (χ2v) is 4.24. The number of nitrogens with one attached hydrogen (secondary N) is 1. The lowest BCUT2D eigenvalue weighted by atomic mass is 10.4. The number of ether oxygens (including phenoxy) is 1. The van der Waals surface area contributed by atoms with Crippen molar-refractivity contribution in [2.75, 3.05) is 31.6 Å². The lowest BCUT2D eigenvalue weighted by Crippen LogP contribution is -2.33. The first-order valence-corrected chi connectivity index (χ1v) is 6.41. The van der Waals surface area contributed by atoms with Crippen LogP contribution >= 0.6 is 0 Å². The average molecular weight is 249 g/mol. The van der Waals surface area contributed by atoms with Crippen LogP contribution in [-0.4, -0.2) is 42.0 Å². The first-order chi connectivity index (χ1) is 8.79. The van der Waals surface area contributed by atoms with Crippen LogP contribution in [0.25, 0.3) is 0 Å². The average Bonchev–Trinajstić information content (AvgIpc) is 2.91. The number of nitrogens with zero attached hydrogens (tertiary/aromatic N) is 2. The van der Waals surface area contributed by atoms with Crippen molar-refractivity contribution < 1.29 is 9.53 Å². The van der Waals surface area contributed by atoms with Crippen LogP contribution in [0.3, 0.4) is 0 Å². The van der Waals surface area contributed by atoms with Gasteiger partial charge in [-0.3, -0.25) is 4.79 Å². The standard InChI is InChI=1S/C13H19N3O2/c1-2-18-12-7-5-6-11(15-12)14-10-13(17)16-8-3-4-9-16/h5-7H,2-4,8-10H2,1H3,(H,14,15). The minimum absolute atomic E-state index is 0.135. The summed E-state index contributed by atoms with van der Waals surface area (Å²) in [6.07, 6.45) is 2.23. The Balaban J connectivity index is 1.85. The molecule has 0 radical (unpaired) electrons. The normalized spacial score (nSPS) is 14.6. The molecule has 1 aliphatic heterocycles. The van der Waals surface area contributed by atoms with E-state index < -0.39 is 0 Å². The smallest absolute Gasteiger partial charge is 0.241 e. The number of pyridine rings is 1. The summed E-state index contributed by atoms with van der Waals surface area (Å²) in [4.78, 5) is 18.0. The van der Waals surface area contributed by atoms with Crippen molar-refractivity contribution in [1.82, 2.24) is 9.88 Å². The quantitative estimate of drug-likeness (QED) is 0.859. The van der Waals surface area contributed by atoms with Gasteiger partial charge in [0.25, 0.3) is 0 Å². The summed E-state index contributed by atoms with van der Waals surface area (Å²) in [6, 6.07) is 5.50. The molecule has 1 amide bonds. The summed E-state index contributed by atoms with van der Waals surface area (Å²) in [5.74, 6) is 1.39. The maximum absolute atomic E-state index is 11.8. The highest BCUT2D eigenvalue weighted by atomic mass is 16.5. The summed E-state index contributed by atoms with van der Waals surface area (Å²) >= 11 is 0. The molecule has 0 bridgehead atoms. The van der Waals surface area contributed by atoms with Gasteiger partial charge in [-0.1, -0.05) is 6.07 Å². The van der Waals surface area contributed by atoms with Gasteiger partial charge in [0.1, 0.15) is 5.82 Å². The van der Waals surface area contributed by atoms with Gasteiger partial charge in [0.2, 0.25) is 11.8 Å². The molecular weight excluding hydrogens is 230 g/mol. The number of carbonyl (C=O) groups excluding carboxylic acids is 1. The summed E-state index contributed by atoms with van der Waals surface area (Å²) in [6.45, 7) is 4.56. The summed E-state index contributed by atoms with van der Waals surface area (Å²) < 4.78 is 5.31. The van der Waals surface area contributed by atoms with Crippen LogP contribution in [0.15, 0.2) is 18.2 Å². The van der Waals surface area contributed by atoms with Gasteiger partial charge in [-0.25, -0.2) is 0 Å². The maximum Gasteiger partial charge on any atom is 0.241 e. The zero-order chi connectivity index (χ0) is 12.8. The molecule has 1 aromatic rings. The third kappa shape index (κ3) is 3.35. The van der Waals surface area contributed by atoms with Gasteiger partial charge in [-0.2, -0.15) is 4.98 Å². The van der Waals surface area contributed by atoms with Gasteiger partial charge in [0.05, 0.1) is 13.2 Å². The largest absolute Gasteiger partial charge is 0.478 e. The second kappa shape index (κ2) is 6.23. The number of aromatic nitrogens is 1. The van der Waals surface area contributed by atoms with E-state index >= 15 is 0 Å². The van der Waals surface area contributed by atoms with Crippen molar-refractivity contribution in [3.05, 3.63) is 18.2 Å². The third-order valence-electron chi connectivity index (χ3n) is 2.90. The van der Waals surface area contributed by atoms with Crippen LogP contribution in [-0.2, 0) is 4.79 Å².